The lowest BCUT2D eigenvalue weighted by Gasteiger charge is -2.09. The minimum Gasteiger partial charge on any atom is -0.424 e. The Labute approximate surface area is 127 Å². The second-order valence-corrected chi connectivity index (χ2v) is 5.01. The lowest BCUT2D eigenvalue weighted by Crippen LogP contribution is -2.08. The fraction of sp³-hybridized carbons (Fsp3) is 0.111. The zero-order valence-electron chi connectivity index (χ0n) is 12.4. The average Bonchev–Trinajstić information content (AvgIpc) is 2.82. The fourth-order valence-electron chi connectivity index (χ4n) is 2.64. The highest BCUT2D eigenvalue weighted by atomic mass is 16.5. The minimum atomic E-state index is -0.413. The van der Waals surface area contributed by atoms with Crippen LogP contribution in [0, 0.1) is 0 Å². The van der Waals surface area contributed by atoms with E-state index in [4.69, 9.17) is 4.74 Å². The number of para-hydroxylation sites is 1. The molecule has 0 spiro atoms. The third-order valence-corrected chi connectivity index (χ3v) is 3.44. The highest BCUT2D eigenvalue weighted by molar-refractivity contribution is 6.04. The van der Waals surface area contributed by atoms with Crippen LogP contribution in [0.5, 0.6) is 5.75 Å². The van der Waals surface area contributed by atoms with Gasteiger partial charge in [0.2, 0.25) is 5.91 Å². The molecule has 2 aromatic carbocycles. The lowest BCUT2D eigenvalue weighted by atomic mass is 10.1. The maximum Gasteiger partial charge on any atom is 0.308 e. The molecular weight excluding hydrogens is 278 g/mol. The molecule has 4 heteroatoms. The van der Waals surface area contributed by atoms with E-state index in [0.29, 0.717) is 11.4 Å². The maximum absolute atomic E-state index is 12.2. The van der Waals surface area contributed by atoms with Crippen molar-refractivity contribution in [3.05, 3.63) is 54.6 Å². The first kappa shape index (κ1) is 14.1. The van der Waals surface area contributed by atoms with Gasteiger partial charge in [0.05, 0.1) is 11.2 Å². The summed E-state index contributed by atoms with van der Waals surface area (Å²) >= 11 is 0. The molecular formula is C18H15NO3. The third-order valence-electron chi connectivity index (χ3n) is 3.44. The monoisotopic (exact) mass is 293 g/mol. The second-order valence-electron chi connectivity index (χ2n) is 5.01. The number of ether oxygens (including phenoxy) is 1. The molecule has 0 saturated carbocycles. The smallest absolute Gasteiger partial charge is 0.308 e. The molecule has 1 heterocycles. The van der Waals surface area contributed by atoms with Crippen molar-refractivity contribution in [2.45, 2.75) is 13.8 Å². The Hall–Kier alpha value is -2.88. The van der Waals surface area contributed by atoms with Crippen molar-refractivity contribution in [2.24, 2.45) is 0 Å². The third kappa shape index (κ3) is 2.29. The van der Waals surface area contributed by atoms with Crippen LogP contribution in [-0.4, -0.2) is 16.4 Å². The molecule has 0 aliphatic heterocycles. The van der Waals surface area contributed by atoms with Crippen molar-refractivity contribution in [1.82, 2.24) is 4.57 Å². The van der Waals surface area contributed by atoms with Crippen LogP contribution < -0.4 is 4.74 Å². The number of rotatable bonds is 2. The molecule has 0 unspecified atom stereocenters. The van der Waals surface area contributed by atoms with Crippen LogP contribution in [0.1, 0.15) is 18.6 Å². The van der Waals surface area contributed by atoms with Crippen LogP contribution in [0.2, 0.25) is 0 Å². The fourth-order valence-corrected chi connectivity index (χ4v) is 2.64. The van der Waals surface area contributed by atoms with E-state index in [-0.39, 0.29) is 5.91 Å². The van der Waals surface area contributed by atoms with E-state index < -0.39 is 5.97 Å². The Bertz CT molecular complexity index is 863. The number of benzene rings is 2. The summed E-state index contributed by atoms with van der Waals surface area (Å²) in [7, 11) is 0. The van der Waals surface area contributed by atoms with Gasteiger partial charge in [0.15, 0.2) is 5.75 Å². The summed E-state index contributed by atoms with van der Waals surface area (Å²) in [6.45, 7) is 2.85. The summed E-state index contributed by atoms with van der Waals surface area (Å²) < 4.78 is 7.02. The van der Waals surface area contributed by atoms with Gasteiger partial charge in [-0.05, 0) is 12.1 Å². The van der Waals surface area contributed by atoms with Crippen LogP contribution in [0.15, 0.2) is 54.6 Å². The Morgan fingerprint density at radius 1 is 0.909 bits per heavy atom. The largest absolute Gasteiger partial charge is 0.424 e. The summed E-state index contributed by atoms with van der Waals surface area (Å²) in [5.74, 6) is -0.124. The molecule has 0 radical (unpaired) electrons. The first-order valence-electron chi connectivity index (χ1n) is 6.98. The van der Waals surface area contributed by atoms with E-state index in [1.807, 2.05) is 54.6 Å². The molecule has 22 heavy (non-hydrogen) atoms. The van der Waals surface area contributed by atoms with Crippen molar-refractivity contribution in [3.63, 3.8) is 0 Å². The van der Waals surface area contributed by atoms with Crippen molar-refractivity contribution in [3.8, 4) is 17.0 Å². The van der Waals surface area contributed by atoms with Gasteiger partial charge in [-0.25, -0.2) is 0 Å². The zero-order valence-corrected chi connectivity index (χ0v) is 12.4. The summed E-state index contributed by atoms with van der Waals surface area (Å²) in [6, 6.07) is 16.8. The van der Waals surface area contributed by atoms with Gasteiger partial charge in [0.25, 0.3) is 0 Å². The molecule has 0 saturated heterocycles. The topological polar surface area (TPSA) is 48.3 Å². The quantitative estimate of drug-likeness (QED) is 0.673. The Morgan fingerprint density at radius 2 is 1.55 bits per heavy atom. The van der Waals surface area contributed by atoms with Crippen molar-refractivity contribution in [1.29, 1.82) is 0 Å². The molecule has 4 nitrogen and oxygen atoms in total. The normalized spacial score (nSPS) is 10.6. The summed E-state index contributed by atoms with van der Waals surface area (Å²) in [4.78, 5) is 23.7. The number of aromatic nitrogens is 1. The molecule has 0 bridgehead atoms. The van der Waals surface area contributed by atoms with Crippen molar-refractivity contribution in [2.75, 3.05) is 0 Å². The predicted molar refractivity (Wildman–Crippen MR) is 85.0 cm³/mol. The summed E-state index contributed by atoms with van der Waals surface area (Å²) in [6.07, 6.45) is 0. The average molecular weight is 293 g/mol. The van der Waals surface area contributed by atoms with Crippen LogP contribution in [-0.2, 0) is 4.79 Å². The highest BCUT2D eigenvalue weighted by Crippen LogP contribution is 2.40. The maximum atomic E-state index is 12.2. The van der Waals surface area contributed by atoms with Crippen molar-refractivity contribution >= 4 is 22.8 Å². The van der Waals surface area contributed by atoms with E-state index in [9.17, 15) is 9.59 Å². The molecule has 3 aromatic rings. The van der Waals surface area contributed by atoms with E-state index in [0.717, 1.165) is 16.5 Å². The summed E-state index contributed by atoms with van der Waals surface area (Å²) in [5.41, 5.74) is 2.15. The Balaban J connectivity index is 2.43. The summed E-state index contributed by atoms with van der Waals surface area (Å²) in [5, 5.41) is 0.742. The van der Waals surface area contributed by atoms with E-state index >= 15 is 0 Å². The van der Waals surface area contributed by atoms with Crippen LogP contribution in [0.25, 0.3) is 22.2 Å². The van der Waals surface area contributed by atoms with Gasteiger partial charge < -0.3 is 4.74 Å². The first-order valence-corrected chi connectivity index (χ1v) is 6.98. The van der Waals surface area contributed by atoms with Crippen LogP contribution in [0.4, 0.5) is 0 Å². The number of carbonyl (C=O) groups is 2. The van der Waals surface area contributed by atoms with Crippen LogP contribution >= 0.6 is 0 Å². The Morgan fingerprint density at radius 3 is 2.18 bits per heavy atom. The highest BCUT2D eigenvalue weighted by Gasteiger charge is 2.22. The second kappa shape index (κ2) is 5.48. The van der Waals surface area contributed by atoms with Gasteiger partial charge in [0.1, 0.15) is 0 Å². The number of carbonyl (C=O) groups excluding carboxylic acids is 2. The van der Waals surface area contributed by atoms with E-state index in [2.05, 4.69) is 0 Å². The molecule has 0 amide bonds. The number of hydrogen-bond acceptors (Lipinski definition) is 3. The molecule has 0 aliphatic carbocycles. The van der Waals surface area contributed by atoms with Gasteiger partial charge in [-0.1, -0.05) is 42.5 Å². The van der Waals surface area contributed by atoms with E-state index in [1.54, 1.807) is 4.57 Å². The van der Waals surface area contributed by atoms with Gasteiger partial charge >= 0.3 is 5.97 Å². The van der Waals surface area contributed by atoms with Gasteiger partial charge in [-0.2, -0.15) is 0 Å². The standard InChI is InChI=1S/C18H15NO3/c1-12(20)19-16-11-7-6-10-15(16)18(22-13(2)21)17(19)14-8-4-3-5-9-14/h3-11H,1-2H3. The minimum absolute atomic E-state index is 0.131. The number of hydrogen-bond donors (Lipinski definition) is 0. The van der Waals surface area contributed by atoms with Gasteiger partial charge in [-0.15, -0.1) is 0 Å². The molecule has 0 fully saturated rings. The Kier molecular flexibility index (Phi) is 3.51. The molecule has 1 aromatic heterocycles. The predicted octanol–water partition coefficient (Wildman–Crippen LogP) is 3.89. The molecule has 3 rings (SSSR count). The number of nitrogens with zero attached hydrogens (tertiary/aromatic N) is 1. The van der Waals surface area contributed by atoms with Gasteiger partial charge in [-0.3, -0.25) is 14.2 Å². The zero-order chi connectivity index (χ0) is 15.7. The molecule has 0 N–H and O–H groups in total. The first-order chi connectivity index (χ1) is 10.6. The molecule has 0 aliphatic rings. The number of fused-ring (bicyclic) bond motifs is 1. The lowest BCUT2D eigenvalue weighted by molar-refractivity contribution is -0.131. The van der Waals surface area contributed by atoms with Crippen LogP contribution in [0.3, 0.4) is 0 Å². The SMILES string of the molecule is CC(=O)Oc1c(-c2ccccc2)n(C(C)=O)c2ccccc12. The number of esters is 1. The van der Waals surface area contributed by atoms with E-state index in [1.165, 1.54) is 13.8 Å². The molecule has 0 atom stereocenters. The van der Waals surface area contributed by atoms with Crippen molar-refractivity contribution < 1.29 is 14.3 Å². The molecule has 110 valence electrons. The van der Waals surface area contributed by atoms with Gasteiger partial charge in [0, 0.05) is 24.8 Å².